The van der Waals surface area contributed by atoms with Crippen LogP contribution in [0.5, 0.6) is 0 Å². The lowest BCUT2D eigenvalue weighted by atomic mass is 9.93. The lowest BCUT2D eigenvalue weighted by molar-refractivity contribution is -0.0350. The van der Waals surface area contributed by atoms with Crippen LogP contribution >= 0.6 is 15.9 Å². The summed E-state index contributed by atoms with van der Waals surface area (Å²) >= 11 is 3.44. The van der Waals surface area contributed by atoms with E-state index in [9.17, 15) is 0 Å². The Labute approximate surface area is 117 Å². The highest BCUT2D eigenvalue weighted by atomic mass is 79.9. The Morgan fingerprint density at radius 2 is 1.94 bits per heavy atom. The van der Waals surface area contributed by atoms with Crippen molar-refractivity contribution in [2.75, 3.05) is 19.5 Å². The molecule has 0 atom stereocenters. The Morgan fingerprint density at radius 1 is 1.28 bits per heavy atom. The molecule has 5 heteroatoms. The lowest BCUT2D eigenvalue weighted by Crippen LogP contribution is -2.30. The van der Waals surface area contributed by atoms with E-state index in [-0.39, 0.29) is 5.60 Å². The van der Waals surface area contributed by atoms with Crippen LogP contribution in [0, 0.1) is 0 Å². The number of hydrogen-bond donors (Lipinski definition) is 1. The highest BCUT2D eigenvalue weighted by Crippen LogP contribution is 2.38. The highest BCUT2D eigenvalue weighted by Gasteiger charge is 2.36. The lowest BCUT2D eigenvalue weighted by Gasteiger charge is -2.30. The maximum atomic E-state index is 5.82. The summed E-state index contributed by atoms with van der Waals surface area (Å²) in [7, 11) is 3.64. The monoisotopic (exact) mass is 313 g/mol. The zero-order valence-corrected chi connectivity index (χ0v) is 12.6. The number of halogens is 1. The molecule has 0 spiro atoms. The second-order valence-corrected chi connectivity index (χ2v) is 5.61. The highest BCUT2D eigenvalue weighted by molar-refractivity contribution is 9.10. The number of anilines is 1. The third kappa shape index (κ3) is 2.67. The predicted molar refractivity (Wildman–Crippen MR) is 75.7 cm³/mol. The van der Waals surface area contributed by atoms with Gasteiger partial charge in [-0.3, -0.25) is 0 Å². The van der Waals surface area contributed by atoms with Crippen molar-refractivity contribution in [3.63, 3.8) is 0 Å². The zero-order valence-electron chi connectivity index (χ0n) is 11.0. The van der Waals surface area contributed by atoms with E-state index < -0.39 is 0 Å². The smallest absolute Gasteiger partial charge is 0.162 e. The average molecular weight is 314 g/mol. The Balaban J connectivity index is 2.36. The first kappa shape index (κ1) is 13.7. The molecule has 0 aliphatic heterocycles. The van der Waals surface area contributed by atoms with Gasteiger partial charge in [0.2, 0.25) is 0 Å². The van der Waals surface area contributed by atoms with E-state index >= 15 is 0 Å². The second kappa shape index (κ2) is 5.97. The minimum atomic E-state index is -0.303. The second-order valence-electron chi connectivity index (χ2n) is 4.75. The SMILES string of the molecule is CNc1nc(C2(OC)CCCCCC2)ncc1Br. The number of aromatic nitrogens is 2. The fourth-order valence-corrected chi connectivity index (χ4v) is 2.97. The van der Waals surface area contributed by atoms with Gasteiger partial charge >= 0.3 is 0 Å². The Morgan fingerprint density at radius 3 is 2.50 bits per heavy atom. The molecule has 2 rings (SSSR count). The molecule has 0 aromatic carbocycles. The maximum Gasteiger partial charge on any atom is 0.162 e. The summed E-state index contributed by atoms with van der Waals surface area (Å²) in [5.41, 5.74) is -0.303. The van der Waals surface area contributed by atoms with Gasteiger partial charge in [0.15, 0.2) is 5.82 Å². The van der Waals surface area contributed by atoms with Crippen molar-refractivity contribution >= 4 is 21.7 Å². The topological polar surface area (TPSA) is 47.0 Å². The molecular formula is C13H20BrN3O. The van der Waals surface area contributed by atoms with Crippen molar-refractivity contribution in [1.29, 1.82) is 0 Å². The first-order valence-electron chi connectivity index (χ1n) is 6.48. The normalized spacial score (nSPS) is 19.3. The van der Waals surface area contributed by atoms with E-state index in [1.165, 1.54) is 25.7 Å². The summed E-state index contributed by atoms with van der Waals surface area (Å²) in [5, 5.41) is 3.08. The van der Waals surface area contributed by atoms with Gasteiger partial charge in [0.25, 0.3) is 0 Å². The standard InChI is InChI=1S/C13H20BrN3O/c1-15-11-10(14)9-16-12(17-11)13(18-2)7-5-3-4-6-8-13/h9H,3-8H2,1-2H3,(H,15,16,17). The molecule has 1 N–H and O–H groups in total. The van der Waals surface area contributed by atoms with Crippen molar-refractivity contribution in [2.45, 2.75) is 44.1 Å². The van der Waals surface area contributed by atoms with Crippen LogP contribution in [-0.2, 0) is 10.3 Å². The molecule has 0 bridgehead atoms. The first-order valence-corrected chi connectivity index (χ1v) is 7.27. The maximum absolute atomic E-state index is 5.82. The minimum Gasteiger partial charge on any atom is -0.372 e. The van der Waals surface area contributed by atoms with Gasteiger partial charge in [-0.25, -0.2) is 9.97 Å². The van der Waals surface area contributed by atoms with E-state index in [0.717, 1.165) is 29.0 Å². The number of ether oxygens (including phenoxy) is 1. The third-order valence-electron chi connectivity index (χ3n) is 3.69. The molecule has 1 aromatic rings. The first-order chi connectivity index (χ1) is 8.72. The summed E-state index contributed by atoms with van der Waals surface area (Å²) in [4.78, 5) is 9.08. The van der Waals surface area contributed by atoms with Crippen LogP contribution in [0.25, 0.3) is 0 Å². The number of nitrogens with one attached hydrogen (secondary N) is 1. The summed E-state index contributed by atoms with van der Waals surface area (Å²) < 4.78 is 6.70. The quantitative estimate of drug-likeness (QED) is 0.868. The molecule has 100 valence electrons. The van der Waals surface area contributed by atoms with Crippen LogP contribution in [-0.4, -0.2) is 24.1 Å². The summed E-state index contributed by atoms with van der Waals surface area (Å²) in [6.45, 7) is 0. The molecule has 18 heavy (non-hydrogen) atoms. The van der Waals surface area contributed by atoms with Gasteiger partial charge in [-0.1, -0.05) is 25.7 Å². The molecule has 1 heterocycles. The van der Waals surface area contributed by atoms with Gasteiger partial charge in [0.05, 0.1) is 4.47 Å². The van der Waals surface area contributed by atoms with Crippen LogP contribution in [0.4, 0.5) is 5.82 Å². The average Bonchev–Trinajstić information content (AvgIpc) is 2.65. The number of nitrogens with zero attached hydrogens (tertiary/aromatic N) is 2. The van der Waals surface area contributed by atoms with Crippen molar-refractivity contribution in [2.24, 2.45) is 0 Å². The molecule has 1 aromatic heterocycles. The van der Waals surface area contributed by atoms with Crippen LogP contribution in [0.1, 0.15) is 44.3 Å². The van der Waals surface area contributed by atoms with E-state index in [1.54, 1.807) is 13.3 Å². The fraction of sp³-hybridized carbons (Fsp3) is 0.692. The van der Waals surface area contributed by atoms with Gasteiger partial charge in [0.1, 0.15) is 11.4 Å². The Hall–Kier alpha value is -0.680. The van der Waals surface area contributed by atoms with Gasteiger partial charge in [-0.2, -0.15) is 0 Å². The van der Waals surface area contributed by atoms with Crippen molar-refractivity contribution in [3.05, 3.63) is 16.5 Å². The summed E-state index contributed by atoms with van der Waals surface area (Å²) in [6.07, 6.45) is 8.74. The van der Waals surface area contributed by atoms with E-state index in [4.69, 9.17) is 4.74 Å². The van der Waals surface area contributed by atoms with Crippen LogP contribution in [0.3, 0.4) is 0 Å². The van der Waals surface area contributed by atoms with Crippen LogP contribution in [0.2, 0.25) is 0 Å². The molecular weight excluding hydrogens is 294 g/mol. The molecule has 0 unspecified atom stereocenters. The van der Waals surface area contributed by atoms with Gasteiger partial charge in [-0.05, 0) is 28.8 Å². The van der Waals surface area contributed by atoms with E-state index in [2.05, 4.69) is 31.2 Å². The van der Waals surface area contributed by atoms with Crippen molar-refractivity contribution in [3.8, 4) is 0 Å². The van der Waals surface area contributed by atoms with Crippen LogP contribution < -0.4 is 5.32 Å². The number of rotatable bonds is 3. The largest absolute Gasteiger partial charge is 0.372 e. The Kier molecular flexibility index (Phi) is 4.56. The molecule has 1 aliphatic carbocycles. The van der Waals surface area contributed by atoms with Crippen molar-refractivity contribution < 1.29 is 4.74 Å². The molecule has 0 amide bonds. The van der Waals surface area contributed by atoms with E-state index in [0.29, 0.717) is 0 Å². The molecule has 1 saturated carbocycles. The molecule has 0 radical (unpaired) electrons. The predicted octanol–water partition coefficient (Wildman–Crippen LogP) is 3.48. The van der Waals surface area contributed by atoms with Gasteiger partial charge < -0.3 is 10.1 Å². The summed E-state index contributed by atoms with van der Waals surface area (Å²) in [6, 6.07) is 0. The fourth-order valence-electron chi connectivity index (χ4n) is 2.58. The van der Waals surface area contributed by atoms with Crippen molar-refractivity contribution in [1.82, 2.24) is 9.97 Å². The molecule has 1 fully saturated rings. The number of methoxy groups -OCH3 is 1. The number of hydrogen-bond acceptors (Lipinski definition) is 4. The summed E-state index contributed by atoms with van der Waals surface area (Å²) in [5.74, 6) is 1.63. The third-order valence-corrected chi connectivity index (χ3v) is 4.27. The van der Waals surface area contributed by atoms with E-state index in [1.807, 2.05) is 7.05 Å². The zero-order chi connectivity index (χ0) is 13.0. The molecule has 4 nitrogen and oxygen atoms in total. The Bertz CT molecular complexity index is 403. The molecule has 1 aliphatic rings. The molecule has 0 saturated heterocycles. The van der Waals surface area contributed by atoms with Gasteiger partial charge in [-0.15, -0.1) is 0 Å². The van der Waals surface area contributed by atoms with Gasteiger partial charge in [0, 0.05) is 20.4 Å². The minimum absolute atomic E-state index is 0.303. The van der Waals surface area contributed by atoms with Crippen LogP contribution in [0.15, 0.2) is 10.7 Å².